The van der Waals surface area contributed by atoms with E-state index in [1.807, 2.05) is 6.07 Å². The lowest BCUT2D eigenvalue weighted by molar-refractivity contribution is 0.180. The van der Waals surface area contributed by atoms with E-state index < -0.39 is 10.0 Å². The van der Waals surface area contributed by atoms with Gasteiger partial charge in [-0.1, -0.05) is 11.2 Å². The number of ether oxygens (including phenoxy) is 1. The molecule has 2 heterocycles. The van der Waals surface area contributed by atoms with Gasteiger partial charge in [-0.25, -0.2) is 8.42 Å². The molecule has 3 rings (SSSR count). The SMILES string of the molecule is C=CCc1cc(OC)cc(CN2CCN(S(=O)(=O)c3c(C)noc3C)CC2)c1O. The molecule has 0 unspecified atom stereocenters. The molecule has 1 N–H and O–H groups in total. The Morgan fingerprint density at radius 2 is 1.90 bits per heavy atom. The maximum atomic E-state index is 13.0. The normalized spacial score (nSPS) is 16.1. The molecule has 1 fully saturated rings. The second-order valence-corrected chi connectivity index (χ2v) is 9.00. The Bertz CT molecular complexity index is 972. The van der Waals surface area contributed by atoms with Crippen LogP contribution in [0.4, 0.5) is 0 Å². The summed E-state index contributed by atoms with van der Waals surface area (Å²) in [6, 6.07) is 3.61. The summed E-state index contributed by atoms with van der Waals surface area (Å²) < 4.78 is 37.7. The van der Waals surface area contributed by atoms with Crippen LogP contribution in [0.3, 0.4) is 0 Å². The molecule has 0 saturated carbocycles. The molecular formula is C20H27N3O5S. The van der Waals surface area contributed by atoms with Crippen molar-refractivity contribution >= 4 is 10.0 Å². The molecule has 0 aliphatic carbocycles. The number of benzene rings is 1. The van der Waals surface area contributed by atoms with Gasteiger partial charge in [0.25, 0.3) is 0 Å². The summed E-state index contributed by atoms with van der Waals surface area (Å²) in [5.41, 5.74) is 1.89. The van der Waals surface area contributed by atoms with E-state index in [2.05, 4.69) is 16.6 Å². The van der Waals surface area contributed by atoms with E-state index in [1.54, 1.807) is 33.1 Å². The molecule has 1 aliphatic heterocycles. The number of methoxy groups -OCH3 is 1. The minimum Gasteiger partial charge on any atom is -0.507 e. The Balaban J connectivity index is 1.72. The monoisotopic (exact) mass is 421 g/mol. The predicted molar refractivity (Wildman–Crippen MR) is 109 cm³/mol. The van der Waals surface area contributed by atoms with Gasteiger partial charge in [-0.3, -0.25) is 4.90 Å². The van der Waals surface area contributed by atoms with Crippen molar-refractivity contribution in [2.45, 2.75) is 31.7 Å². The van der Waals surface area contributed by atoms with Crippen LogP contribution in [-0.4, -0.2) is 61.2 Å². The summed E-state index contributed by atoms with van der Waals surface area (Å²) in [6.07, 6.45) is 2.27. The minimum atomic E-state index is -3.64. The van der Waals surface area contributed by atoms with E-state index >= 15 is 0 Å². The van der Waals surface area contributed by atoms with Crippen molar-refractivity contribution in [3.8, 4) is 11.5 Å². The zero-order valence-corrected chi connectivity index (χ0v) is 17.8. The number of sulfonamides is 1. The fourth-order valence-electron chi connectivity index (χ4n) is 3.62. The Morgan fingerprint density at radius 3 is 2.45 bits per heavy atom. The van der Waals surface area contributed by atoms with Crippen LogP contribution in [0, 0.1) is 13.8 Å². The summed E-state index contributed by atoms with van der Waals surface area (Å²) in [6.45, 7) is 9.29. The molecule has 0 atom stereocenters. The molecule has 0 bridgehead atoms. The van der Waals surface area contributed by atoms with Crippen molar-refractivity contribution < 1.29 is 22.8 Å². The molecule has 1 aromatic heterocycles. The van der Waals surface area contributed by atoms with Gasteiger partial charge in [0.2, 0.25) is 10.0 Å². The number of piperazine rings is 1. The molecule has 158 valence electrons. The first-order valence-corrected chi connectivity index (χ1v) is 10.9. The molecule has 2 aromatic rings. The maximum Gasteiger partial charge on any atom is 0.248 e. The Kier molecular flexibility index (Phi) is 6.30. The largest absolute Gasteiger partial charge is 0.507 e. The lowest BCUT2D eigenvalue weighted by atomic mass is 10.0. The van der Waals surface area contributed by atoms with Crippen molar-refractivity contribution in [1.29, 1.82) is 0 Å². The van der Waals surface area contributed by atoms with Gasteiger partial charge in [-0.2, -0.15) is 4.31 Å². The number of aryl methyl sites for hydroxylation is 2. The number of rotatable bonds is 7. The molecule has 9 heteroatoms. The summed E-state index contributed by atoms with van der Waals surface area (Å²) >= 11 is 0. The van der Waals surface area contributed by atoms with Crippen LogP contribution in [0.15, 0.2) is 34.2 Å². The van der Waals surface area contributed by atoms with E-state index in [4.69, 9.17) is 9.26 Å². The predicted octanol–water partition coefficient (Wildman–Crippen LogP) is 2.24. The van der Waals surface area contributed by atoms with Gasteiger partial charge in [0, 0.05) is 43.9 Å². The molecule has 29 heavy (non-hydrogen) atoms. The molecule has 8 nitrogen and oxygen atoms in total. The van der Waals surface area contributed by atoms with E-state index in [1.165, 1.54) is 4.31 Å². The molecule has 0 amide bonds. The molecule has 0 spiro atoms. The fourth-order valence-corrected chi connectivity index (χ4v) is 5.33. The molecule has 1 aromatic carbocycles. The Morgan fingerprint density at radius 1 is 1.24 bits per heavy atom. The third-order valence-electron chi connectivity index (χ3n) is 5.13. The summed E-state index contributed by atoms with van der Waals surface area (Å²) in [4.78, 5) is 2.27. The van der Waals surface area contributed by atoms with E-state index in [-0.39, 0.29) is 10.6 Å². The first-order valence-electron chi connectivity index (χ1n) is 9.43. The molecular weight excluding hydrogens is 394 g/mol. The summed E-state index contributed by atoms with van der Waals surface area (Å²) in [5.74, 6) is 1.21. The number of phenols is 1. The quantitative estimate of drug-likeness (QED) is 0.685. The topological polar surface area (TPSA) is 96.1 Å². The van der Waals surface area contributed by atoms with Gasteiger partial charge in [0.15, 0.2) is 5.76 Å². The van der Waals surface area contributed by atoms with Crippen molar-refractivity contribution in [2.24, 2.45) is 0 Å². The van der Waals surface area contributed by atoms with Crippen LogP contribution in [-0.2, 0) is 23.0 Å². The second kappa shape index (κ2) is 8.56. The number of aromatic hydroxyl groups is 1. The number of hydrogen-bond donors (Lipinski definition) is 1. The van der Waals surface area contributed by atoms with Crippen molar-refractivity contribution in [3.05, 3.63) is 47.4 Å². The molecule has 1 aliphatic rings. The van der Waals surface area contributed by atoms with E-state index in [0.717, 1.165) is 11.1 Å². The zero-order valence-electron chi connectivity index (χ0n) is 17.0. The van der Waals surface area contributed by atoms with Gasteiger partial charge in [-0.05, 0) is 32.4 Å². The van der Waals surface area contributed by atoms with Crippen molar-refractivity contribution in [3.63, 3.8) is 0 Å². The van der Waals surface area contributed by atoms with Gasteiger partial charge in [0.05, 0.1) is 7.11 Å². The number of aromatic nitrogens is 1. The average molecular weight is 422 g/mol. The number of phenolic OH excluding ortho intramolecular Hbond substituents is 1. The van der Waals surface area contributed by atoms with E-state index in [9.17, 15) is 13.5 Å². The van der Waals surface area contributed by atoms with Crippen LogP contribution in [0.1, 0.15) is 22.6 Å². The lowest BCUT2D eigenvalue weighted by Crippen LogP contribution is -2.48. The molecule has 1 saturated heterocycles. The number of nitrogens with zero attached hydrogens (tertiary/aromatic N) is 3. The van der Waals surface area contributed by atoms with Crippen molar-refractivity contribution in [2.75, 3.05) is 33.3 Å². The van der Waals surface area contributed by atoms with Crippen LogP contribution >= 0.6 is 0 Å². The van der Waals surface area contributed by atoms with Gasteiger partial charge in [-0.15, -0.1) is 6.58 Å². The average Bonchev–Trinajstić information content (AvgIpc) is 3.04. The van der Waals surface area contributed by atoms with Crippen LogP contribution in [0.2, 0.25) is 0 Å². The summed E-state index contributed by atoms with van der Waals surface area (Å²) in [5, 5.41) is 14.3. The lowest BCUT2D eigenvalue weighted by Gasteiger charge is -2.34. The Hall–Kier alpha value is -2.36. The summed E-state index contributed by atoms with van der Waals surface area (Å²) in [7, 11) is -2.05. The highest BCUT2D eigenvalue weighted by Gasteiger charge is 2.33. The van der Waals surface area contributed by atoms with Gasteiger partial charge < -0.3 is 14.4 Å². The molecule has 0 radical (unpaired) electrons. The third-order valence-corrected chi connectivity index (χ3v) is 7.28. The standard InChI is InChI=1S/C20H27N3O5S/c1-5-6-16-11-18(27-4)12-17(19(16)24)13-22-7-9-23(10-8-22)29(25,26)20-14(2)21-28-15(20)3/h5,11-12,24H,1,6-10,13H2,2-4H3. The number of hydrogen-bond acceptors (Lipinski definition) is 7. The fraction of sp³-hybridized carbons (Fsp3) is 0.450. The van der Waals surface area contributed by atoms with Crippen molar-refractivity contribution in [1.82, 2.24) is 14.4 Å². The number of allylic oxidation sites excluding steroid dienone is 1. The highest BCUT2D eigenvalue weighted by Crippen LogP contribution is 2.31. The first kappa shape index (κ1) is 21.4. The third kappa shape index (κ3) is 4.31. The minimum absolute atomic E-state index is 0.158. The maximum absolute atomic E-state index is 13.0. The van der Waals surface area contributed by atoms with Crippen LogP contribution in [0.25, 0.3) is 0 Å². The highest BCUT2D eigenvalue weighted by molar-refractivity contribution is 7.89. The van der Waals surface area contributed by atoms with Crippen LogP contribution in [0.5, 0.6) is 11.5 Å². The second-order valence-electron chi connectivity index (χ2n) is 7.12. The van der Waals surface area contributed by atoms with Gasteiger partial charge >= 0.3 is 0 Å². The Labute approximate surface area is 171 Å². The smallest absolute Gasteiger partial charge is 0.248 e. The highest BCUT2D eigenvalue weighted by atomic mass is 32.2. The van der Waals surface area contributed by atoms with E-state index in [0.29, 0.717) is 56.3 Å². The van der Waals surface area contributed by atoms with Gasteiger partial charge in [0.1, 0.15) is 22.1 Å². The zero-order chi connectivity index (χ0) is 21.2. The first-order chi connectivity index (χ1) is 13.8. The van der Waals surface area contributed by atoms with Crippen LogP contribution < -0.4 is 4.74 Å².